The van der Waals surface area contributed by atoms with E-state index in [0.29, 0.717) is 51.0 Å². The van der Waals surface area contributed by atoms with Crippen LogP contribution in [0.1, 0.15) is 11.1 Å². The molecule has 0 saturated heterocycles. The maximum Gasteiger partial charge on any atom is 0.416 e. The van der Waals surface area contributed by atoms with Crippen molar-refractivity contribution in [3.05, 3.63) is 253 Å². The van der Waals surface area contributed by atoms with Gasteiger partial charge in [-0.1, -0.05) is 140 Å². The Hall–Kier alpha value is -10.4. The average molecular weight is 986 g/mol. The molecule has 13 rings (SSSR count). The SMILES string of the molecule is [C-]#[N+]c1cccc(-c2ccc3c(c2)c2ccccc2n3-c2ccc(-c3nc(-c4ccccc4)nc(-c4ccccc4)n3)c(-c3cc(C(F)(F)F)ccc3-n3c4ccccc4c4cc(-c5cccc(C#N)c5)ccc43)c2)c1. The lowest BCUT2D eigenvalue weighted by molar-refractivity contribution is -0.137. The molecule has 0 aliphatic rings. The van der Waals surface area contributed by atoms with Crippen LogP contribution in [0.3, 0.4) is 0 Å². The molecule has 0 saturated carbocycles. The molecule has 0 radical (unpaired) electrons. The standard InChI is InChI=1S/C66H38F3N7/c1-71-49-21-13-20-45(35-49)47-26-31-60-55(37-47)51-22-8-10-24-58(51)75(60)50-29-30-53(65-73-63(42-15-4-2-5-16-42)72-64(74-65)43-17-6-3-7-18-43)54(39-50)57-38-48(66(67,68)69)28-33-62(57)76-59-25-11-9-23-52(59)56-36-46(27-32-61(56)76)44-19-12-14-41(34-44)40-70/h2-39H. The highest BCUT2D eigenvalue weighted by Gasteiger charge is 2.33. The van der Waals surface area contributed by atoms with Crippen LogP contribution >= 0.6 is 0 Å². The van der Waals surface area contributed by atoms with Crippen molar-refractivity contribution in [2.45, 2.75) is 6.18 Å². The van der Waals surface area contributed by atoms with Crippen LogP contribution in [0, 0.1) is 17.9 Å². The zero-order valence-corrected chi connectivity index (χ0v) is 40.2. The van der Waals surface area contributed by atoms with Crippen LogP contribution in [-0.2, 0) is 6.18 Å². The number of nitrogens with zero attached hydrogens (tertiary/aromatic N) is 7. The zero-order chi connectivity index (χ0) is 51.5. The van der Waals surface area contributed by atoms with Crippen LogP contribution in [0.5, 0.6) is 0 Å². The highest BCUT2D eigenvalue weighted by atomic mass is 19.4. The Morgan fingerprint density at radius 1 is 0.408 bits per heavy atom. The molecule has 0 aliphatic carbocycles. The number of hydrogen-bond acceptors (Lipinski definition) is 4. The summed E-state index contributed by atoms with van der Waals surface area (Å²) in [5.74, 6) is 1.09. The van der Waals surface area contributed by atoms with Crippen molar-refractivity contribution >= 4 is 49.3 Å². The largest absolute Gasteiger partial charge is 0.416 e. The lowest BCUT2D eigenvalue weighted by Gasteiger charge is -2.20. The molecule has 358 valence electrons. The maximum absolute atomic E-state index is 15.4. The van der Waals surface area contributed by atoms with Gasteiger partial charge < -0.3 is 9.13 Å². The van der Waals surface area contributed by atoms with Crippen molar-refractivity contribution in [3.63, 3.8) is 0 Å². The highest BCUT2D eigenvalue weighted by Crippen LogP contribution is 2.45. The van der Waals surface area contributed by atoms with Crippen molar-refractivity contribution < 1.29 is 13.2 Å². The van der Waals surface area contributed by atoms with Crippen LogP contribution in [0.25, 0.3) is 127 Å². The summed E-state index contributed by atoms with van der Waals surface area (Å²) >= 11 is 0. The van der Waals surface area contributed by atoms with Crippen LogP contribution in [0.4, 0.5) is 18.9 Å². The van der Waals surface area contributed by atoms with Crippen molar-refractivity contribution in [1.82, 2.24) is 24.1 Å². The van der Waals surface area contributed by atoms with Gasteiger partial charge in [0.05, 0.1) is 51.5 Å². The monoisotopic (exact) mass is 985 g/mol. The van der Waals surface area contributed by atoms with Gasteiger partial charge in [0.2, 0.25) is 0 Å². The van der Waals surface area contributed by atoms with Gasteiger partial charge in [-0.25, -0.2) is 19.8 Å². The molecule has 3 aromatic heterocycles. The number of para-hydroxylation sites is 2. The zero-order valence-electron chi connectivity index (χ0n) is 40.2. The van der Waals surface area contributed by atoms with Crippen LogP contribution in [0.2, 0.25) is 0 Å². The molecular formula is C66H38F3N7. The summed E-state index contributed by atoms with van der Waals surface area (Å²) in [5.41, 5.74) is 11.1. The van der Waals surface area contributed by atoms with Crippen LogP contribution in [0.15, 0.2) is 231 Å². The Morgan fingerprint density at radius 3 is 1.55 bits per heavy atom. The summed E-state index contributed by atoms with van der Waals surface area (Å²) in [4.78, 5) is 18.9. The minimum absolute atomic E-state index is 0.276. The van der Waals surface area contributed by atoms with Gasteiger partial charge in [0, 0.05) is 49.5 Å². The second-order valence-electron chi connectivity index (χ2n) is 18.5. The van der Waals surface area contributed by atoms with E-state index in [-0.39, 0.29) is 5.82 Å². The normalized spacial score (nSPS) is 11.6. The highest BCUT2D eigenvalue weighted by molar-refractivity contribution is 6.12. The number of fused-ring (bicyclic) bond motifs is 6. The van der Waals surface area contributed by atoms with E-state index in [2.05, 4.69) is 39.7 Å². The summed E-state index contributed by atoms with van der Waals surface area (Å²) in [6.45, 7) is 7.65. The van der Waals surface area contributed by atoms with Crippen molar-refractivity contribution in [1.29, 1.82) is 5.26 Å². The van der Waals surface area contributed by atoms with Gasteiger partial charge in [-0.15, -0.1) is 0 Å². The molecule has 76 heavy (non-hydrogen) atoms. The summed E-state index contributed by atoms with van der Waals surface area (Å²) < 4.78 is 50.4. The van der Waals surface area contributed by atoms with Crippen molar-refractivity contribution in [2.75, 3.05) is 0 Å². The molecule has 0 fully saturated rings. The van der Waals surface area contributed by atoms with E-state index in [0.717, 1.165) is 83.1 Å². The molecule has 0 aliphatic heterocycles. The Labute approximate surface area is 434 Å². The fourth-order valence-electron chi connectivity index (χ4n) is 10.5. The number of hydrogen-bond donors (Lipinski definition) is 0. The van der Waals surface area contributed by atoms with Gasteiger partial charge in [0.15, 0.2) is 23.2 Å². The van der Waals surface area contributed by atoms with Gasteiger partial charge in [0.25, 0.3) is 0 Å². The average Bonchev–Trinajstić information content (AvgIpc) is 4.12. The number of rotatable bonds is 8. The summed E-state index contributed by atoms with van der Waals surface area (Å²) in [5, 5.41) is 13.5. The molecule has 0 N–H and O–H groups in total. The van der Waals surface area contributed by atoms with E-state index in [1.165, 1.54) is 6.07 Å². The van der Waals surface area contributed by atoms with E-state index in [1.807, 2.05) is 180 Å². The van der Waals surface area contributed by atoms with Crippen molar-refractivity contribution in [3.8, 4) is 85.0 Å². The number of benzene rings is 10. The van der Waals surface area contributed by atoms with Gasteiger partial charge in [-0.3, -0.25) is 0 Å². The summed E-state index contributed by atoms with van der Waals surface area (Å²) in [6, 6.07) is 74.4. The fourth-order valence-corrected chi connectivity index (χ4v) is 10.5. The van der Waals surface area contributed by atoms with E-state index in [1.54, 1.807) is 18.2 Å². The number of halogens is 3. The van der Waals surface area contributed by atoms with Gasteiger partial charge in [-0.2, -0.15) is 18.4 Å². The van der Waals surface area contributed by atoms with E-state index >= 15 is 13.2 Å². The third kappa shape index (κ3) is 7.90. The Morgan fingerprint density at radius 2 is 0.934 bits per heavy atom. The molecule has 13 aromatic rings. The summed E-state index contributed by atoms with van der Waals surface area (Å²) in [6.07, 6.45) is -4.70. The predicted molar refractivity (Wildman–Crippen MR) is 297 cm³/mol. The van der Waals surface area contributed by atoms with E-state index in [4.69, 9.17) is 21.5 Å². The Bertz CT molecular complexity index is 4480. The molecule has 3 heterocycles. The molecule has 0 atom stereocenters. The molecular weight excluding hydrogens is 948 g/mol. The van der Waals surface area contributed by atoms with Crippen molar-refractivity contribution in [2.24, 2.45) is 0 Å². The second-order valence-corrected chi connectivity index (χ2v) is 18.5. The third-order valence-corrected chi connectivity index (χ3v) is 14.0. The summed E-state index contributed by atoms with van der Waals surface area (Å²) in [7, 11) is 0. The smallest absolute Gasteiger partial charge is 0.309 e. The third-order valence-electron chi connectivity index (χ3n) is 14.0. The lowest BCUT2D eigenvalue weighted by atomic mass is 9.94. The van der Waals surface area contributed by atoms with Gasteiger partial charge in [-0.05, 0) is 119 Å². The predicted octanol–water partition coefficient (Wildman–Crippen LogP) is 17.5. The first-order valence-electron chi connectivity index (χ1n) is 24.5. The van der Waals surface area contributed by atoms with E-state index in [9.17, 15) is 5.26 Å². The Kier molecular flexibility index (Phi) is 10.9. The quantitative estimate of drug-likeness (QED) is 0.142. The van der Waals surface area contributed by atoms with Crippen LogP contribution < -0.4 is 0 Å². The first-order valence-corrected chi connectivity index (χ1v) is 24.5. The van der Waals surface area contributed by atoms with Crippen LogP contribution in [-0.4, -0.2) is 24.1 Å². The first-order chi connectivity index (χ1) is 37.2. The molecule has 0 spiro atoms. The topological polar surface area (TPSA) is 76.7 Å². The lowest BCUT2D eigenvalue weighted by Crippen LogP contribution is -2.08. The van der Waals surface area contributed by atoms with Gasteiger partial charge >= 0.3 is 6.18 Å². The second kappa shape index (κ2) is 18.3. The molecule has 0 unspecified atom stereocenters. The number of nitriles is 1. The molecule has 7 nitrogen and oxygen atoms in total. The Balaban J connectivity index is 1.11. The number of aromatic nitrogens is 5. The fraction of sp³-hybridized carbons (Fsp3) is 0.0152. The molecule has 0 bridgehead atoms. The van der Waals surface area contributed by atoms with Gasteiger partial charge in [0.1, 0.15) is 0 Å². The van der Waals surface area contributed by atoms with E-state index < -0.39 is 11.7 Å². The number of alkyl halides is 3. The molecule has 0 amide bonds. The molecule has 10 heteroatoms. The minimum atomic E-state index is -4.70. The maximum atomic E-state index is 15.4. The molecule has 10 aromatic carbocycles. The minimum Gasteiger partial charge on any atom is -0.309 e. The first kappa shape index (κ1) is 45.4.